The van der Waals surface area contributed by atoms with Gasteiger partial charge in [-0.15, -0.1) is 0 Å². The lowest BCUT2D eigenvalue weighted by molar-refractivity contribution is -0.149. The molecule has 10 heteroatoms. The van der Waals surface area contributed by atoms with Gasteiger partial charge in [0.25, 0.3) is 5.91 Å². The van der Waals surface area contributed by atoms with Crippen molar-refractivity contribution in [3.05, 3.63) is 119 Å². The summed E-state index contributed by atoms with van der Waals surface area (Å²) in [6, 6.07) is 24.9. The van der Waals surface area contributed by atoms with Gasteiger partial charge in [0.05, 0.1) is 11.6 Å². The number of hydrogen-bond donors (Lipinski definition) is 2. The van der Waals surface area contributed by atoms with Crippen LogP contribution in [0.15, 0.2) is 96.1 Å². The number of ether oxygens (including phenoxy) is 1. The summed E-state index contributed by atoms with van der Waals surface area (Å²) in [5, 5.41) is 6.31. The number of amides is 1. The number of likely N-dealkylation sites (N-methyl/N-ethyl adjacent to an activating group) is 2. The summed E-state index contributed by atoms with van der Waals surface area (Å²) in [6.45, 7) is 14.0. The molecule has 3 aromatic carbocycles. The predicted octanol–water partition coefficient (Wildman–Crippen LogP) is 7.33. The number of anilines is 3. The zero-order chi connectivity index (χ0) is 35.9. The molecule has 1 heterocycles. The molecule has 1 aromatic heterocycles. The normalized spacial score (nSPS) is 12.4. The number of allylic oxidation sites excluding steroid dienone is 2. The Hall–Kier alpha value is -5.19. The van der Waals surface area contributed by atoms with Crippen LogP contribution in [0.5, 0.6) is 0 Å². The lowest BCUT2D eigenvalue weighted by Crippen LogP contribution is -2.34. The highest BCUT2D eigenvalue weighted by Gasteiger charge is 2.17. The van der Waals surface area contributed by atoms with E-state index in [4.69, 9.17) is 4.74 Å². The Balaban J connectivity index is 1.28. The van der Waals surface area contributed by atoms with Gasteiger partial charge in [-0.3, -0.25) is 24.4 Å². The van der Waals surface area contributed by atoms with Crippen molar-refractivity contribution in [2.45, 2.75) is 47.1 Å². The van der Waals surface area contributed by atoms with Crippen molar-refractivity contribution in [2.24, 2.45) is 4.99 Å². The Bertz CT molecular complexity index is 1760. The molecule has 0 aliphatic heterocycles. The highest BCUT2D eigenvalue weighted by atomic mass is 16.5. The number of rotatable bonds is 17. The van der Waals surface area contributed by atoms with Crippen molar-refractivity contribution in [1.29, 1.82) is 0 Å². The molecule has 0 fully saturated rings. The SMILES string of the molecule is C/C=C(\C=NCC)c1ccnc(Nc2cc(NC(=O)c3ccc(CN(CC)CCN(C)COC(=O)C(C)c4ccccc4)cc3)ccc2C)n1. The van der Waals surface area contributed by atoms with Gasteiger partial charge in [0.1, 0.15) is 6.73 Å². The van der Waals surface area contributed by atoms with Gasteiger partial charge in [-0.2, -0.15) is 0 Å². The molecule has 262 valence electrons. The maximum Gasteiger partial charge on any atom is 0.314 e. The first-order chi connectivity index (χ1) is 24.2. The molecule has 1 unspecified atom stereocenters. The van der Waals surface area contributed by atoms with Crippen molar-refractivity contribution in [1.82, 2.24) is 19.8 Å². The molecule has 0 saturated heterocycles. The van der Waals surface area contributed by atoms with Crippen LogP contribution >= 0.6 is 0 Å². The molecular weight excluding hydrogens is 626 g/mol. The Morgan fingerprint density at radius 3 is 2.46 bits per heavy atom. The smallest absolute Gasteiger partial charge is 0.314 e. The number of nitrogens with zero attached hydrogens (tertiary/aromatic N) is 5. The van der Waals surface area contributed by atoms with Crippen molar-refractivity contribution in [3.63, 3.8) is 0 Å². The standard InChI is InChI=1S/C40H49N7O3/c1-7-32(26-41-8-2)36-21-22-42-40(44-36)45-37-25-35(20-15-29(37)4)43-38(48)34-18-16-31(17-19-34)27-47(9-3)24-23-46(6)28-50-39(49)30(5)33-13-11-10-12-14-33/h7,10-22,25-26,30H,8-9,23-24,27-28H2,1-6H3,(H,43,48)(H,42,44,45)/b32-7+,41-26?. The Kier molecular flexibility index (Phi) is 14.4. The zero-order valence-electron chi connectivity index (χ0n) is 30.0. The van der Waals surface area contributed by atoms with Gasteiger partial charge in [-0.05, 0) is 88.3 Å². The number of benzene rings is 3. The van der Waals surface area contributed by atoms with Gasteiger partial charge in [0.15, 0.2) is 0 Å². The monoisotopic (exact) mass is 675 g/mol. The van der Waals surface area contributed by atoms with Crippen LogP contribution in [0.4, 0.5) is 17.3 Å². The van der Waals surface area contributed by atoms with E-state index >= 15 is 0 Å². The maximum atomic E-state index is 13.2. The number of aliphatic imine (C=N–C) groups is 1. The molecule has 10 nitrogen and oxygen atoms in total. The van der Waals surface area contributed by atoms with Crippen LogP contribution in [-0.2, 0) is 16.1 Å². The van der Waals surface area contributed by atoms with Crippen LogP contribution in [0, 0.1) is 6.92 Å². The van der Waals surface area contributed by atoms with E-state index in [0.717, 1.165) is 59.8 Å². The molecule has 2 N–H and O–H groups in total. The number of aryl methyl sites for hydroxylation is 1. The van der Waals surface area contributed by atoms with Crippen LogP contribution in [0.2, 0.25) is 0 Å². The Morgan fingerprint density at radius 2 is 1.76 bits per heavy atom. The third kappa shape index (κ3) is 11.2. The van der Waals surface area contributed by atoms with Crippen molar-refractivity contribution < 1.29 is 14.3 Å². The minimum Gasteiger partial charge on any atom is -0.449 e. The molecule has 0 bridgehead atoms. The van der Waals surface area contributed by atoms with Gasteiger partial charge in [-0.1, -0.05) is 61.5 Å². The molecule has 0 aliphatic carbocycles. The van der Waals surface area contributed by atoms with E-state index < -0.39 is 0 Å². The largest absolute Gasteiger partial charge is 0.449 e. The van der Waals surface area contributed by atoms with Gasteiger partial charge >= 0.3 is 5.97 Å². The van der Waals surface area contributed by atoms with E-state index in [9.17, 15) is 9.59 Å². The van der Waals surface area contributed by atoms with Gasteiger partial charge in [0.2, 0.25) is 5.95 Å². The van der Waals surface area contributed by atoms with E-state index in [2.05, 4.69) is 37.4 Å². The van der Waals surface area contributed by atoms with Crippen LogP contribution in [0.1, 0.15) is 66.4 Å². The number of esters is 1. The fourth-order valence-corrected chi connectivity index (χ4v) is 5.14. The summed E-state index contributed by atoms with van der Waals surface area (Å²) in [6.07, 6.45) is 5.50. The minimum atomic E-state index is -0.305. The van der Waals surface area contributed by atoms with Crippen molar-refractivity contribution in [3.8, 4) is 0 Å². The first kappa shape index (κ1) is 37.6. The average Bonchev–Trinajstić information content (AvgIpc) is 3.14. The van der Waals surface area contributed by atoms with E-state index in [0.29, 0.717) is 23.7 Å². The zero-order valence-corrected chi connectivity index (χ0v) is 30.0. The van der Waals surface area contributed by atoms with Gasteiger partial charge in [0, 0.05) is 61.1 Å². The number of carbonyl (C=O) groups excluding carboxylic acids is 2. The summed E-state index contributed by atoms with van der Waals surface area (Å²) >= 11 is 0. The summed E-state index contributed by atoms with van der Waals surface area (Å²) in [7, 11) is 1.95. The first-order valence-electron chi connectivity index (χ1n) is 17.1. The number of aromatic nitrogens is 2. The van der Waals surface area contributed by atoms with Gasteiger partial charge in [-0.25, -0.2) is 9.97 Å². The van der Waals surface area contributed by atoms with Crippen molar-refractivity contribution >= 4 is 41.0 Å². The van der Waals surface area contributed by atoms with Crippen LogP contribution < -0.4 is 10.6 Å². The summed E-state index contributed by atoms with van der Waals surface area (Å²) in [4.78, 5) is 43.4. The Morgan fingerprint density at radius 1 is 1.00 bits per heavy atom. The molecule has 0 radical (unpaired) electrons. The second-order valence-corrected chi connectivity index (χ2v) is 12.1. The average molecular weight is 676 g/mol. The predicted molar refractivity (Wildman–Crippen MR) is 203 cm³/mol. The second kappa shape index (κ2) is 19.1. The third-order valence-electron chi connectivity index (χ3n) is 8.36. The molecule has 0 spiro atoms. The molecule has 0 saturated carbocycles. The highest BCUT2D eigenvalue weighted by molar-refractivity contribution is 6.09. The molecule has 1 amide bonds. The van der Waals surface area contributed by atoms with E-state index in [1.807, 2.05) is 131 Å². The maximum absolute atomic E-state index is 13.2. The summed E-state index contributed by atoms with van der Waals surface area (Å²) < 4.78 is 5.56. The van der Waals surface area contributed by atoms with Crippen molar-refractivity contribution in [2.75, 3.05) is 50.6 Å². The fraction of sp³-hybridized carbons (Fsp3) is 0.325. The first-order valence-corrected chi connectivity index (χ1v) is 17.1. The van der Waals surface area contributed by atoms with E-state index in [1.54, 1.807) is 6.20 Å². The molecule has 4 rings (SSSR count). The van der Waals surface area contributed by atoms with E-state index in [-0.39, 0.29) is 24.5 Å². The molecule has 0 aliphatic rings. The molecular formula is C40H49N7O3. The number of hydrogen-bond acceptors (Lipinski definition) is 9. The topological polar surface area (TPSA) is 112 Å². The van der Waals surface area contributed by atoms with Gasteiger partial charge < -0.3 is 15.4 Å². The molecule has 4 aromatic rings. The lowest BCUT2D eigenvalue weighted by Gasteiger charge is -2.24. The van der Waals surface area contributed by atoms with Crippen LogP contribution in [0.3, 0.4) is 0 Å². The Labute approximate surface area is 296 Å². The van der Waals surface area contributed by atoms with E-state index in [1.165, 1.54) is 0 Å². The highest BCUT2D eigenvalue weighted by Crippen LogP contribution is 2.24. The second-order valence-electron chi connectivity index (χ2n) is 12.1. The van der Waals surface area contributed by atoms with Crippen LogP contribution in [-0.4, -0.2) is 77.8 Å². The quantitative estimate of drug-likeness (QED) is 0.0680. The summed E-state index contributed by atoms with van der Waals surface area (Å²) in [5.74, 6) is -0.270. The third-order valence-corrected chi connectivity index (χ3v) is 8.36. The summed E-state index contributed by atoms with van der Waals surface area (Å²) in [5.41, 5.74) is 6.77. The number of carbonyl (C=O) groups is 2. The molecule has 1 atom stereocenters. The minimum absolute atomic E-state index is 0.192. The molecule has 50 heavy (non-hydrogen) atoms. The van der Waals surface area contributed by atoms with Crippen LogP contribution in [0.25, 0.3) is 5.57 Å². The number of nitrogens with one attached hydrogen (secondary N) is 2. The fourth-order valence-electron chi connectivity index (χ4n) is 5.14. The lowest BCUT2D eigenvalue weighted by atomic mass is 10.0.